The van der Waals surface area contributed by atoms with Crippen molar-refractivity contribution in [1.82, 2.24) is 14.4 Å². The third-order valence-corrected chi connectivity index (χ3v) is 9.77. The molecule has 2 fully saturated rings. The number of nitrogens with zero attached hydrogens (tertiary/aromatic N) is 3. The summed E-state index contributed by atoms with van der Waals surface area (Å²) in [5.74, 6) is 1.22. The average Bonchev–Trinajstić information content (AvgIpc) is 3.54. The first-order chi connectivity index (χ1) is 17.0. The normalized spacial score (nSPS) is 21.9. The molecule has 0 unspecified atom stereocenters. The molecule has 5 rings (SSSR count). The quantitative estimate of drug-likeness (QED) is 0.465. The Morgan fingerprint density at radius 1 is 0.971 bits per heavy atom. The van der Waals surface area contributed by atoms with Gasteiger partial charge in [0.25, 0.3) is 0 Å². The van der Waals surface area contributed by atoms with Crippen LogP contribution in [0.25, 0.3) is 0 Å². The van der Waals surface area contributed by atoms with Crippen molar-refractivity contribution in [2.24, 2.45) is 0 Å². The van der Waals surface area contributed by atoms with Crippen LogP contribution in [0, 0.1) is 0 Å². The number of aromatic hydroxyl groups is 1. The molecule has 0 radical (unpaired) electrons. The minimum Gasteiger partial charge on any atom is -0.508 e. The van der Waals surface area contributed by atoms with Crippen LogP contribution in [0.3, 0.4) is 0 Å². The van der Waals surface area contributed by atoms with Gasteiger partial charge in [-0.15, -0.1) is 0 Å². The first-order valence-corrected chi connectivity index (χ1v) is 14.2. The van der Waals surface area contributed by atoms with E-state index in [1.807, 2.05) is 30.3 Å². The number of hydrogen-bond donors (Lipinski definition) is 1. The highest BCUT2D eigenvalue weighted by Gasteiger charge is 2.46. The molecule has 7 nitrogen and oxygen atoms in total. The fraction of sp³-hybridized carbons (Fsp3) is 0.481. The van der Waals surface area contributed by atoms with Gasteiger partial charge < -0.3 is 9.63 Å². The molecule has 1 aliphatic heterocycles. The highest BCUT2D eigenvalue weighted by molar-refractivity contribution is 7.89. The van der Waals surface area contributed by atoms with Crippen LogP contribution in [0.5, 0.6) is 5.75 Å². The monoisotopic (exact) mass is 495 g/mol. The number of phenols is 1. The van der Waals surface area contributed by atoms with Gasteiger partial charge >= 0.3 is 0 Å². The number of benzene rings is 2. The van der Waals surface area contributed by atoms with Crippen molar-refractivity contribution in [3.05, 3.63) is 77.4 Å². The van der Waals surface area contributed by atoms with E-state index in [4.69, 9.17) is 4.52 Å². The standard InChI is InChI=1S/C27H33N3O4S/c31-23-16-14-21(15-17-23)22-18-25(30(19-22)35(32,33)24-11-5-2-6-12-24)27-28-26(29-34-27)13-7-10-20-8-3-1-4-9-20/h1,3-4,8-9,14-17,22,24-25,31H,2,5-7,10-13,18-19H2/t22-,25+/m1/s1. The van der Waals surface area contributed by atoms with Gasteiger partial charge in [-0.05, 0) is 61.3 Å². The number of aromatic nitrogens is 2. The van der Waals surface area contributed by atoms with E-state index in [1.54, 1.807) is 16.4 Å². The molecule has 1 saturated heterocycles. The minimum atomic E-state index is -3.50. The molecule has 0 amide bonds. The summed E-state index contributed by atoms with van der Waals surface area (Å²) in [5, 5.41) is 13.5. The van der Waals surface area contributed by atoms with Gasteiger partial charge in [0.15, 0.2) is 5.82 Å². The largest absolute Gasteiger partial charge is 0.508 e. The smallest absolute Gasteiger partial charge is 0.245 e. The average molecular weight is 496 g/mol. The van der Waals surface area contributed by atoms with Gasteiger partial charge in [0.05, 0.1) is 5.25 Å². The topological polar surface area (TPSA) is 96.5 Å². The number of sulfonamides is 1. The van der Waals surface area contributed by atoms with Crippen molar-refractivity contribution >= 4 is 10.0 Å². The SMILES string of the molecule is O=S(=O)(C1CCCCC1)N1C[C@H](c2ccc(O)cc2)C[C@H]1c1nc(CCCc2ccccc2)no1. The van der Waals surface area contributed by atoms with E-state index in [0.29, 0.717) is 43.9 Å². The van der Waals surface area contributed by atoms with Gasteiger partial charge in [0, 0.05) is 13.0 Å². The second-order valence-electron chi connectivity index (χ2n) is 9.80. The van der Waals surface area contributed by atoms with E-state index in [-0.39, 0.29) is 16.9 Å². The second kappa shape index (κ2) is 10.5. The van der Waals surface area contributed by atoms with Gasteiger partial charge in [-0.2, -0.15) is 9.29 Å². The maximum atomic E-state index is 13.7. The summed E-state index contributed by atoms with van der Waals surface area (Å²) in [6.07, 6.45) is 7.53. The van der Waals surface area contributed by atoms with Crippen molar-refractivity contribution in [2.45, 2.75) is 75.0 Å². The summed E-state index contributed by atoms with van der Waals surface area (Å²) in [5.41, 5.74) is 2.28. The molecule has 1 aromatic heterocycles. The maximum Gasteiger partial charge on any atom is 0.245 e. The van der Waals surface area contributed by atoms with Crippen molar-refractivity contribution in [2.75, 3.05) is 6.54 Å². The van der Waals surface area contributed by atoms with E-state index < -0.39 is 16.1 Å². The fourth-order valence-electron chi connectivity index (χ4n) is 5.45. The Morgan fingerprint density at radius 2 is 1.71 bits per heavy atom. The zero-order valence-corrected chi connectivity index (χ0v) is 20.7. The number of hydrogen-bond acceptors (Lipinski definition) is 6. The van der Waals surface area contributed by atoms with Crippen LogP contribution >= 0.6 is 0 Å². The molecule has 186 valence electrons. The summed E-state index contributed by atoms with van der Waals surface area (Å²) >= 11 is 0. The molecule has 8 heteroatoms. The summed E-state index contributed by atoms with van der Waals surface area (Å²) in [4.78, 5) is 4.65. The minimum absolute atomic E-state index is 0.00685. The Kier molecular flexibility index (Phi) is 7.20. The molecule has 0 spiro atoms. The predicted molar refractivity (Wildman–Crippen MR) is 133 cm³/mol. The Balaban J connectivity index is 1.35. The van der Waals surface area contributed by atoms with Crippen LogP contribution in [0.15, 0.2) is 59.1 Å². The lowest BCUT2D eigenvalue weighted by Gasteiger charge is -2.29. The number of aryl methyl sites for hydroxylation is 2. The molecule has 1 aliphatic carbocycles. The van der Waals surface area contributed by atoms with Crippen LogP contribution in [0.4, 0.5) is 0 Å². The molecular weight excluding hydrogens is 462 g/mol. The number of rotatable bonds is 8. The molecule has 1 N–H and O–H groups in total. The lowest BCUT2D eigenvalue weighted by atomic mass is 9.96. The fourth-order valence-corrected chi connectivity index (χ4v) is 7.68. The van der Waals surface area contributed by atoms with Gasteiger partial charge in [-0.25, -0.2) is 8.42 Å². The van der Waals surface area contributed by atoms with E-state index >= 15 is 0 Å². The molecule has 0 bridgehead atoms. The van der Waals surface area contributed by atoms with Crippen molar-refractivity contribution in [3.63, 3.8) is 0 Å². The van der Waals surface area contributed by atoms with Gasteiger partial charge in [0.1, 0.15) is 11.8 Å². The van der Waals surface area contributed by atoms with E-state index in [9.17, 15) is 13.5 Å². The molecule has 3 aromatic rings. The van der Waals surface area contributed by atoms with E-state index in [2.05, 4.69) is 22.3 Å². The van der Waals surface area contributed by atoms with Crippen LogP contribution < -0.4 is 0 Å². The highest BCUT2D eigenvalue weighted by atomic mass is 32.2. The number of phenolic OH excluding ortho intramolecular Hbond substituents is 1. The predicted octanol–water partition coefficient (Wildman–Crippen LogP) is 5.14. The van der Waals surface area contributed by atoms with Crippen LogP contribution in [-0.4, -0.2) is 39.8 Å². The first-order valence-electron chi connectivity index (χ1n) is 12.7. The molecular formula is C27H33N3O4S. The van der Waals surface area contributed by atoms with Crippen molar-refractivity contribution in [1.29, 1.82) is 0 Å². The van der Waals surface area contributed by atoms with E-state index in [0.717, 1.165) is 37.7 Å². The summed E-state index contributed by atoms with van der Waals surface area (Å²) in [6.45, 7) is 0.389. The Morgan fingerprint density at radius 3 is 2.46 bits per heavy atom. The Labute approximate surface area is 207 Å². The lowest BCUT2D eigenvalue weighted by molar-refractivity contribution is 0.285. The van der Waals surface area contributed by atoms with Crippen LogP contribution in [0.2, 0.25) is 0 Å². The summed E-state index contributed by atoms with van der Waals surface area (Å²) in [6, 6.07) is 16.9. The lowest BCUT2D eigenvalue weighted by Crippen LogP contribution is -2.39. The molecule has 2 atom stereocenters. The second-order valence-corrected chi connectivity index (χ2v) is 12.0. The van der Waals surface area contributed by atoms with Gasteiger partial charge in [-0.1, -0.05) is 66.9 Å². The zero-order chi connectivity index (χ0) is 24.3. The molecule has 1 saturated carbocycles. The molecule has 2 aliphatic rings. The molecule has 2 aromatic carbocycles. The third kappa shape index (κ3) is 5.43. The molecule has 35 heavy (non-hydrogen) atoms. The van der Waals surface area contributed by atoms with Crippen LogP contribution in [0.1, 0.15) is 79.7 Å². The van der Waals surface area contributed by atoms with Crippen LogP contribution in [-0.2, 0) is 22.9 Å². The third-order valence-electron chi connectivity index (χ3n) is 7.40. The van der Waals surface area contributed by atoms with E-state index in [1.165, 1.54) is 5.56 Å². The summed E-state index contributed by atoms with van der Waals surface area (Å²) < 4.78 is 34.8. The first kappa shape index (κ1) is 24.0. The Hall–Kier alpha value is -2.71. The Bertz CT molecular complexity index is 1200. The maximum absolute atomic E-state index is 13.7. The van der Waals surface area contributed by atoms with Gasteiger partial charge in [-0.3, -0.25) is 0 Å². The zero-order valence-electron chi connectivity index (χ0n) is 19.9. The van der Waals surface area contributed by atoms with Crippen molar-refractivity contribution < 1.29 is 18.0 Å². The molecule has 2 heterocycles. The summed E-state index contributed by atoms with van der Waals surface area (Å²) in [7, 11) is -3.50. The van der Waals surface area contributed by atoms with Gasteiger partial charge in [0.2, 0.25) is 15.9 Å². The highest BCUT2D eigenvalue weighted by Crippen LogP contribution is 2.44. The van der Waals surface area contributed by atoms with Crippen molar-refractivity contribution in [3.8, 4) is 5.75 Å².